The Hall–Kier alpha value is -1.01. The second-order valence-electron chi connectivity index (χ2n) is 3.12. The van der Waals surface area contributed by atoms with Crippen molar-refractivity contribution in [1.82, 2.24) is 5.48 Å². The summed E-state index contributed by atoms with van der Waals surface area (Å²) < 4.78 is 0. The van der Waals surface area contributed by atoms with E-state index in [0.717, 1.165) is 0 Å². The summed E-state index contributed by atoms with van der Waals surface area (Å²) in [7, 11) is 0. The van der Waals surface area contributed by atoms with E-state index in [1.165, 1.54) is 0 Å². The first-order valence-electron chi connectivity index (χ1n) is 3.95. The molecule has 0 heterocycles. The highest BCUT2D eigenvalue weighted by atomic mass is 35.5. The van der Waals surface area contributed by atoms with E-state index in [4.69, 9.17) is 5.73 Å². The fraction of sp³-hybridized carbons (Fsp3) is 0.714. The summed E-state index contributed by atoms with van der Waals surface area (Å²) in [6.45, 7) is 3.85. The fourth-order valence-corrected chi connectivity index (χ4v) is 0.780. The van der Waals surface area contributed by atoms with Crippen molar-refractivity contribution in [3.63, 3.8) is 0 Å². The lowest BCUT2D eigenvalue weighted by Gasteiger charge is -2.11. The van der Waals surface area contributed by atoms with Crippen LogP contribution in [0.2, 0.25) is 0 Å². The highest BCUT2D eigenvalue weighted by Crippen LogP contribution is 2.03. The topological polar surface area (TPSA) is 107 Å². The van der Waals surface area contributed by atoms with Gasteiger partial charge in [0, 0.05) is 0 Å². The Balaban J connectivity index is 0. The molecule has 0 aliphatic heterocycles. The number of hydrogen-bond donors (Lipinski definition) is 3. The van der Waals surface area contributed by atoms with Crippen LogP contribution in [0, 0.1) is 5.92 Å². The van der Waals surface area contributed by atoms with Crippen LogP contribution >= 0.6 is 12.4 Å². The molecule has 1 atom stereocenters. The van der Waals surface area contributed by atoms with Crippen LogP contribution in [0.4, 0.5) is 4.79 Å². The molecule has 0 aliphatic rings. The molecule has 0 saturated heterocycles. The zero-order chi connectivity index (χ0) is 10.4. The number of amides is 2. The highest BCUT2D eigenvalue weighted by molar-refractivity contribution is 5.85. The summed E-state index contributed by atoms with van der Waals surface area (Å²) in [4.78, 5) is 25.4. The fourth-order valence-electron chi connectivity index (χ4n) is 0.780. The molecule has 2 amide bonds. The average molecular weight is 226 g/mol. The van der Waals surface area contributed by atoms with Crippen molar-refractivity contribution in [2.45, 2.75) is 26.3 Å². The van der Waals surface area contributed by atoms with Crippen LogP contribution in [0.5, 0.6) is 0 Å². The number of hydroxylamine groups is 1. The van der Waals surface area contributed by atoms with E-state index in [0.29, 0.717) is 6.42 Å². The van der Waals surface area contributed by atoms with Gasteiger partial charge in [-0.25, -0.2) is 9.59 Å². The molecule has 0 rings (SSSR count). The molecule has 84 valence electrons. The van der Waals surface area contributed by atoms with E-state index in [1.54, 1.807) is 5.48 Å². The van der Waals surface area contributed by atoms with Gasteiger partial charge in [0.2, 0.25) is 0 Å². The van der Waals surface area contributed by atoms with Crippen LogP contribution in [0.15, 0.2) is 0 Å². The third-order valence-corrected chi connectivity index (χ3v) is 1.28. The number of rotatable bonds is 3. The molecular formula is C7H16ClN3O3. The summed E-state index contributed by atoms with van der Waals surface area (Å²) >= 11 is 0. The van der Waals surface area contributed by atoms with Crippen molar-refractivity contribution < 1.29 is 14.4 Å². The van der Waals surface area contributed by atoms with E-state index in [2.05, 4.69) is 10.6 Å². The van der Waals surface area contributed by atoms with Crippen LogP contribution < -0.4 is 16.9 Å². The quantitative estimate of drug-likeness (QED) is 0.584. The van der Waals surface area contributed by atoms with Gasteiger partial charge in [-0.05, 0) is 12.3 Å². The van der Waals surface area contributed by atoms with E-state index >= 15 is 0 Å². The van der Waals surface area contributed by atoms with Crippen molar-refractivity contribution in [3.8, 4) is 0 Å². The summed E-state index contributed by atoms with van der Waals surface area (Å²) in [5.74, 6) is -0.399. The van der Waals surface area contributed by atoms with Crippen LogP contribution in [0.3, 0.4) is 0 Å². The van der Waals surface area contributed by atoms with Crippen molar-refractivity contribution in [1.29, 1.82) is 0 Å². The second-order valence-corrected chi connectivity index (χ2v) is 3.12. The van der Waals surface area contributed by atoms with Gasteiger partial charge in [0.15, 0.2) is 0 Å². The molecule has 0 unspecified atom stereocenters. The lowest BCUT2D eigenvalue weighted by molar-refractivity contribution is -0.150. The van der Waals surface area contributed by atoms with Gasteiger partial charge in [0.1, 0.15) is 6.04 Å². The number of urea groups is 1. The van der Waals surface area contributed by atoms with Gasteiger partial charge in [-0.3, -0.25) is 0 Å². The Bertz CT molecular complexity index is 199. The SMILES string of the molecule is CC(C)C[C@H](N)C(=O)ONC(N)=O.Cl. The molecule has 0 aromatic carbocycles. The maximum atomic E-state index is 11.0. The number of carbonyl (C=O) groups is 2. The maximum Gasteiger partial charge on any atom is 0.348 e. The molecule has 5 N–H and O–H groups in total. The molecule has 7 heteroatoms. The van der Waals surface area contributed by atoms with Crippen LogP contribution in [-0.2, 0) is 9.63 Å². The predicted molar refractivity (Wildman–Crippen MR) is 53.5 cm³/mol. The lowest BCUT2D eigenvalue weighted by Crippen LogP contribution is -2.40. The zero-order valence-electron chi connectivity index (χ0n) is 8.15. The molecule has 0 radical (unpaired) electrons. The minimum absolute atomic E-state index is 0. The minimum Gasteiger partial charge on any atom is -0.349 e. The van der Waals surface area contributed by atoms with Gasteiger partial charge in [0.05, 0.1) is 0 Å². The smallest absolute Gasteiger partial charge is 0.348 e. The Kier molecular flexibility index (Phi) is 8.17. The first-order chi connectivity index (χ1) is 5.93. The summed E-state index contributed by atoms with van der Waals surface area (Å²) in [5, 5.41) is 0. The van der Waals surface area contributed by atoms with E-state index in [-0.39, 0.29) is 18.3 Å². The summed E-state index contributed by atoms with van der Waals surface area (Å²) in [6, 6.07) is -1.66. The largest absolute Gasteiger partial charge is 0.349 e. The number of primary amides is 1. The third-order valence-electron chi connectivity index (χ3n) is 1.28. The minimum atomic E-state index is -0.926. The molecule has 0 spiro atoms. The molecule has 0 aromatic heterocycles. The molecule has 6 nitrogen and oxygen atoms in total. The Morgan fingerprint density at radius 3 is 2.29 bits per heavy atom. The Morgan fingerprint density at radius 2 is 1.93 bits per heavy atom. The van der Waals surface area contributed by atoms with Gasteiger partial charge in [-0.1, -0.05) is 13.8 Å². The normalized spacial score (nSPS) is 11.4. The van der Waals surface area contributed by atoms with Crippen molar-refractivity contribution in [2.24, 2.45) is 17.4 Å². The average Bonchev–Trinajstić information content (AvgIpc) is 1.98. The van der Waals surface area contributed by atoms with E-state index in [9.17, 15) is 9.59 Å². The van der Waals surface area contributed by atoms with Crippen molar-refractivity contribution in [3.05, 3.63) is 0 Å². The Morgan fingerprint density at radius 1 is 1.43 bits per heavy atom. The van der Waals surface area contributed by atoms with Gasteiger partial charge in [-0.15, -0.1) is 12.4 Å². The standard InChI is InChI=1S/C7H15N3O3.ClH/c1-4(2)3-5(8)6(11)13-10-7(9)12;/h4-5H,3,8H2,1-2H3,(H3,9,10,12);1H/t5-;/m0./s1. The molecule has 0 bridgehead atoms. The Labute approximate surface area is 88.7 Å². The van der Waals surface area contributed by atoms with Crippen molar-refractivity contribution >= 4 is 24.4 Å². The predicted octanol–water partition coefficient (Wildman–Crippen LogP) is -0.0919. The zero-order valence-corrected chi connectivity index (χ0v) is 8.97. The van der Waals surface area contributed by atoms with Gasteiger partial charge < -0.3 is 16.3 Å². The number of carbonyl (C=O) groups excluding carboxylic acids is 2. The van der Waals surface area contributed by atoms with Crippen LogP contribution in [0.25, 0.3) is 0 Å². The first kappa shape index (κ1) is 15.5. The second kappa shape index (κ2) is 7.40. The first-order valence-corrected chi connectivity index (χ1v) is 3.95. The molecule has 0 saturated carbocycles. The molecule has 0 fully saturated rings. The van der Waals surface area contributed by atoms with Gasteiger partial charge in [0.25, 0.3) is 0 Å². The van der Waals surface area contributed by atoms with Crippen LogP contribution in [0.1, 0.15) is 20.3 Å². The van der Waals surface area contributed by atoms with Crippen LogP contribution in [-0.4, -0.2) is 18.0 Å². The van der Waals surface area contributed by atoms with Gasteiger partial charge in [-0.2, -0.15) is 5.48 Å². The monoisotopic (exact) mass is 225 g/mol. The number of nitrogens with one attached hydrogen (secondary N) is 1. The lowest BCUT2D eigenvalue weighted by atomic mass is 10.1. The maximum absolute atomic E-state index is 11.0. The summed E-state index contributed by atoms with van der Waals surface area (Å²) in [5.41, 5.74) is 11.8. The van der Waals surface area contributed by atoms with E-state index < -0.39 is 18.0 Å². The van der Waals surface area contributed by atoms with E-state index in [1.807, 2.05) is 13.8 Å². The molecule has 0 aliphatic carbocycles. The van der Waals surface area contributed by atoms with Crippen molar-refractivity contribution in [2.75, 3.05) is 0 Å². The number of halogens is 1. The van der Waals surface area contributed by atoms with Gasteiger partial charge >= 0.3 is 12.0 Å². The highest BCUT2D eigenvalue weighted by Gasteiger charge is 2.17. The third kappa shape index (κ3) is 7.63. The number of nitrogens with two attached hydrogens (primary N) is 2. The molecule has 14 heavy (non-hydrogen) atoms. The molecule has 0 aromatic rings. The number of hydrogen-bond acceptors (Lipinski definition) is 4. The summed E-state index contributed by atoms with van der Waals surface area (Å²) in [6.07, 6.45) is 0.499. The molecular weight excluding hydrogens is 210 g/mol.